The molecule has 2 atom stereocenters. The van der Waals surface area contributed by atoms with Crippen LogP contribution in [0.1, 0.15) is 36.9 Å². The number of carbonyl (C=O) groups is 1. The minimum Gasteiger partial charge on any atom is -0.349 e. The summed E-state index contributed by atoms with van der Waals surface area (Å²) in [6.07, 6.45) is 2.13. The van der Waals surface area contributed by atoms with Crippen LogP contribution in [0.5, 0.6) is 0 Å². The van der Waals surface area contributed by atoms with Crippen molar-refractivity contribution in [3.63, 3.8) is 0 Å². The van der Waals surface area contributed by atoms with Gasteiger partial charge in [0.1, 0.15) is 0 Å². The third-order valence-corrected chi connectivity index (χ3v) is 3.93. The van der Waals surface area contributed by atoms with Gasteiger partial charge < -0.3 is 10.2 Å². The summed E-state index contributed by atoms with van der Waals surface area (Å²) in [6.45, 7) is 6.11. The van der Waals surface area contributed by atoms with E-state index in [2.05, 4.69) is 55.4 Å². The second-order valence-electron chi connectivity index (χ2n) is 5.74. The van der Waals surface area contributed by atoms with Crippen molar-refractivity contribution in [1.82, 2.24) is 10.2 Å². The first kappa shape index (κ1) is 14.1. The molecule has 2 unspecified atom stereocenters. The van der Waals surface area contributed by atoms with Crippen molar-refractivity contribution in [2.24, 2.45) is 5.92 Å². The van der Waals surface area contributed by atoms with E-state index in [-0.39, 0.29) is 17.9 Å². The average Bonchev–Trinajstić information content (AvgIpc) is 2.39. The number of nitrogens with one attached hydrogen (secondary N) is 1. The van der Waals surface area contributed by atoms with Crippen molar-refractivity contribution < 1.29 is 4.79 Å². The number of aryl methyl sites for hydroxylation is 1. The molecular formula is C16H24N2O. The topological polar surface area (TPSA) is 32.3 Å². The van der Waals surface area contributed by atoms with Gasteiger partial charge in [0.2, 0.25) is 5.91 Å². The maximum atomic E-state index is 12.3. The van der Waals surface area contributed by atoms with Crippen molar-refractivity contribution >= 4 is 5.91 Å². The molecule has 2 rings (SSSR count). The lowest BCUT2D eigenvalue weighted by Crippen LogP contribution is -2.42. The molecule has 1 aliphatic heterocycles. The number of amides is 1. The predicted octanol–water partition coefficient (Wildman–Crippen LogP) is 2.51. The first-order valence-electron chi connectivity index (χ1n) is 7.12. The first-order chi connectivity index (χ1) is 9.06. The Morgan fingerprint density at radius 3 is 2.68 bits per heavy atom. The normalized spacial score (nSPS) is 21.9. The number of hydrogen-bond donors (Lipinski definition) is 1. The quantitative estimate of drug-likeness (QED) is 0.905. The molecule has 1 aromatic rings. The van der Waals surface area contributed by atoms with Crippen molar-refractivity contribution in [2.75, 3.05) is 20.1 Å². The molecule has 1 fully saturated rings. The highest BCUT2D eigenvalue weighted by atomic mass is 16.2. The Kier molecular flexibility index (Phi) is 4.59. The lowest BCUT2D eigenvalue weighted by atomic mass is 9.96. The van der Waals surface area contributed by atoms with Gasteiger partial charge in [0, 0.05) is 6.54 Å². The van der Waals surface area contributed by atoms with Crippen LogP contribution in [0.4, 0.5) is 0 Å². The van der Waals surface area contributed by atoms with E-state index in [9.17, 15) is 4.79 Å². The highest BCUT2D eigenvalue weighted by Crippen LogP contribution is 2.18. The molecule has 1 amide bonds. The van der Waals surface area contributed by atoms with Gasteiger partial charge in [0.15, 0.2) is 0 Å². The number of benzene rings is 1. The van der Waals surface area contributed by atoms with E-state index in [1.165, 1.54) is 11.1 Å². The van der Waals surface area contributed by atoms with Crippen LogP contribution in [0.3, 0.4) is 0 Å². The van der Waals surface area contributed by atoms with E-state index < -0.39 is 0 Å². The second kappa shape index (κ2) is 6.20. The molecule has 1 heterocycles. The summed E-state index contributed by atoms with van der Waals surface area (Å²) < 4.78 is 0. The fourth-order valence-corrected chi connectivity index (χ4v) is 2.65. The molecule has 104 valence electrons. The van der Waals surface area contributed by atoms with E-state index in [1.807, 2.05) is 0 Å². The summed E-state index contributed by atoms with van der Waals surface area (Å²) in [7, 11) is 2.09. The van der Waals surface area contributed by atoms with Gasteiger partial charge in [0.05, 0.1) is 12.0 Å². The summed E-state index contributed by atoms with van der Waals surface area (Å²) in [6, 6.07) is 8.44. The monoisotopic (exact) mass is 260 g/mol. The van der Waals surface area contributed by atoms with Gasteiger partial charge in [-0.1, -0.05) is 29.8 Å². The zero-order valence-electron chi connectivity index (χ0n) is 12.1. The summed E-state index contributed by atoms with van der Waals surface area (Å²) in [4.78, 5) is 14.5. The fraction of sp³-hybridized carbons (Fsp3) is 0.562. The predicted molar refractivity (Wildman–Crippen MR) is 78.0 cm³/mol. The summed E-state index contributed by atoms with van der Waals surface area (Å²) in [5.41, 5.74) is 2.42. The van der Waals surface area contributed by atoms with Crippen LogP contribution in [0.15, 0.2) is 24.3 Å². The molecular weight excluding hydrogens is 236 g/mol. The van der Waals surface area contributed by atoms with Crippen LogP contribution in [0.2, 0.25) is 0 Å². The van der Waals surface area contributed by atoms with E-state index in [0.717, 1.165) is 25.9 Å². The van der Waals surface area contributed by atoms with Crippen LogP contribution in [-0.4, -0.2) is 30.9 Å². The number of carbonyl (C=O) groups excluding carboxylic acids is 1. The lowest BCUT2D eigenvalue weighted by Gasteiger charge is -2.29. The summed E-state index contributed by atoms with van der Waals surface area (Å²) >= 11 is 0. The molecule has 0 spiro atoms. The zero-order valence-corrected chi connectivity index (χ0v) is 12.1. The van der Waals surface area contributed by atoms with Crippen molar-refractivity contribution in [1.29, 1.82) is 0 Å². The minimum atomic E-state index is 0.0836. The number of piperidine rings is 1. The first-order valence-corrected chi connectivity index (χ1v) is 7.12. The minimum absolute atomic E-state index is 0.0836. The van der Waals surface area contributed by atoms with E-state index in [1.54, 1.807) is 0 Å². The maximum Gasteiger partial charge on any atom is 0.224 e. The second-order valence-corrected chi connectivity index (χ2v) is 5.74. The highest BCUT2D eigenvalue weighted by Gasteiger charge is 2.24. The Morgan fingerprint density at radius 2 is 2.05 bits per heavy atom. The van der Waals surface area contributed by atoms with Gasteiger partial charge in [0.25, 0.3) is 0 Å². The van der Waals surface area contributed by atoms with Gasteiger partial charge in [-0.15, -0.1) is 0 Å². The van der Waals surface area contributed by atoms with E-state index in [4.69, 9.17) is 0 Å². The molecule has 19 heavy (non-hydrogen) atoms. The van der Waals surface area contributed by atoms with E-state index in [0.29, 0.717) is 0 Å². The SMILES string of the molecule is Cc1ccc(C(C)NC(=O)C2CCCN(C)C2)cc1. The Morgan fingerprint density at radius 1 is 1.37 bits per heavy atom. The van der Waals surface area contributed by atoms with Gasteiger partial charge in [-0.05, 0) is 45.8 Å². The number of nitrogens with zero attached hydrogens (tertiary/aromatic N) is 1. The van der Waals surface area contributed by atoms with Crippen LogP contribution >= 0.6 is 0 Å². The van der Waals surface area contributed by atoms with E-state index >= 15 is 0 Å². The molecule has 0 bridgehead atoms. The third-order valence-electron chi connectivity index (χ3n) is 3.93. The number of likely N-dealkylation sites (tertiary alicyclic amines) is 1. The van der Waals surface area contributed by atoms with Crippen LogP contribution < -0.4 is 5.32 Å². The highest BCUT2D eigenvalue weighted by molar-refractivity contribution is 5.79. The molecule has 0 aliphatic carbocycles. The van der Waals surface area contributed by atoms with Crippen molar-refractivity contribution in [3.8, 4) is 0 Å². The van der Waals surface area contributed by atoms with Crippen molar-refractivity contribution in [3.05, 3.63) is 35.4 Å². The number of rotatable bonds is 3. The summed E-state index contributed by atoms with van der Waals surface area (Å²) in [5, 5.41) is 3.14. The Balaban J connectivity index is 1.92. The Labute approximate surface area is 116 Å². The van der Waals surface area contributed by atoms with Gasteiger partial charge >= 0.3 is 0 Å². The average molecular weight is 260 g/mol. The molecule has 0 saturated carbocycles. The Bertz CT molecular complexity index is 427. The van der Waals surface area contributed by atoms with Gasteiger partial charge in [-0.25, -0.2) is 0 Å². The molecule has 1 saturated heterocycles. The zero-order chi connectivity index (χ0) is 13.8. The van der Waals surface area contributed by atoms with Crippen LogP contribution in [-0.2, 0) is 4.79 Å². The fourth-order valence-electron chi connectivity index (χ4n) is 2.65. The maximum absolute atomic E-state index is 12.3. The molecule has 1 aliphatic rings. The third kappa shape index (κ3) is 3.80. The summed E-state index contributed by atoms with van der Waals surface area (Å²) in [5.74, 6) is 0.339. The van der Waals surface area contributed by atoms with Crippen molar-refractivity contribution in [2.45, 2.75) is 32.7 Å². The molecule has 3 nitrogen and oxygen atoms in total. The lowest BCUT2D eigenvalue weighted by molar-refractivity contribution is -0.127. The Hall–Kier alpha value is -1.35. The smallest absolute Gasteiger partial charge is 0.224 e. The molecule has 0 aromatic heterocycles. The van der Waals surface area contributed by atoms with Crippen LogP contribution in [0.25, 0.3) is 0 Å². The molecule has 1 aromatic carbocycles. The molecule has 1 N–H and O–H groups in total. The van der Waals surface area contributed by atoms with Gasteiger partial charge in [-0.3, -0.25) is 4.79 Å². The molecule has 0 radical (unpaired) electrons. The number of hydrogen-bond acceptors (Lipinski definition) is 2. The molecule has 3 heteroatoms. The largest absolute Gasteiger partial charge is 0.349 e. The van der Waals surface area contributed by atoms with Gasteiger partial charge in [-0.2, -0.15) is 0 Å². The standard InChI is InChI=1S/C16H24N2O/c1-12-6-8-14(9-7-12)13(2)17-16(19)15-5-4-10-18(3)11-15/h6-9,13,15H,4-5,10-11H2,1-3H3,(H,17,19). The van der Waals surface area contributed by atoms with Crippen LogP contribution in [0, 0.1) is 12.8 Å².